The fourth-order valence-electron chi connectivity index (χ4n) is 3.26. The lowest BCUT2D eigenvalue weighted by Gasteiger charge is -2.16. The zero-order valence-electron chi connectivity index (χ0n) is 16.6. The predicted molar refractivity (Wildman–Crippen MR) is 111 cm³/mol. The Morgan fingerprint density at radius 2 is 1.96 bits per heavy atom. The molecule has 2 amide bonds. The first-order valence-corrected chi connectivity index (χ1v) is 9.91. The molecule has 0 saturated carbocycles. The predicted octanol–water partition coefficient (Wildman–Crippen LogP) is 4.02. The summed E-state index contributed by atoms with van der Waals surface area (Å²) in [5, 5.41) is 2.92. The molecule has 0 unspecified atom stereocenters. The molecule has 1 saturated heterocycles. The Morgan fingerprint density at radius 1 is 1.18 bits per heavy atom. The summed E-state index contributed by atoms with van der Waals surface area (Å²) < 4.78 is 5.66. The molecule has 0 bridgehead atoms. The third-order valence-corrected chi connectivity index (χ3v) is 4.93. The third-order valence-electron chi connectivity index (χ3n) is 4.93. The maximum Gasteiger partial charge on any atom is 0.227 e. The summed E-state index contributed by atoms with van der Waals surface area (Å²) in [4.78, 5) is 25.8. The first-order chi connectivity index (χ1) is 13.5. The van der Waals surface area contributed by atoms with Gasteiger partial charge in [0.15, 0.2) is 0 Å². The Morgan fingerprint density at radius 3 is 2.64 bits per heavy atom. The van der Waals surface area contributed by atoms with Crippen LogP contribution in [0.2, 0.25) is 0 Å². The van der Waals surface area contributed by atoms with Crippen LogP contribution in [-0.2, 0) is 16.1 Å². The minimum atomic E-state index is -0.0542. The summed E-state index contributed by atoms with van der Waals surface area (Å²) >= 11 is 0. The lowest BCUT2D eigenvalue weighted by molar-refractivity contribution is -0.121. The number of benzene rings is 2. The van der Waals surface area contributed by atoms with Gasteiger partial charge in [0.05, 0.1) is 13.0 Å². The molecule has 2 aromatic rings. The standard InChI is InChI=1S/C23H28N2O3/c1-17(2)19-8-10-21(11-9-19)28-14-12-22(26)24-16-18-5-3-6-20(15-18)25-13-4-7-23(25)27/h3,5-6,8-11,15,17H,4,7,12-14,16H2,1-2H3,(H,24,26). The van der Waals surface area contributed by atoms with E-state index in [4.69, 9.17) is 4.74 Å². The molecular weight excluding hydrogens is 352 g/mol. The van der Waals surface area contributed by atoms with Gasteiger partial charge >= 0.3 is 0 Å². The molecule has 5 nitrogen and oxygen atoms in total. The van der Waals surface area contributed by atoms with Crippen molar-refractivity contribution in [3.63, 3.8) is 0 Å². The maximum atomic E-state index is 12.1. The number of amides is 2. The first-order valence-electron chi connectivity index (χ1n) is 9.91. The van der Waals surface area contributed by atoms with E-state index < -0.39 is 0 Å². The molecule has 0 radical (unpaired) electrons. The van der Waals surface area contributed by atoms with Crippen LogP contribution >= 0.6 is 0 Å². The molecule has 3 rings (SSSR count). The number of rotatable bonds is 8. The van der Waals surface area contributed by atoms with Crippen LogP contribution in [0.5, 0.6) is 5.75 Å². The number of nitrogens with zero attached hydrogens (tertiary/aromatic N) is 1. The number of hydrogen-bond acceptors (Lipinski definition) is 3. The first kappa shape index (κ1) is 19.9. The van der Waals surface area contributed by atoms with Crippen LogP contribution < -0.4 is 15.0 Å². The van der Waals surface area contributed by atoms with Crippen molar-refractivity contribution in [3.8, 4) is 5.75 Å². The highest BCUT2D eigenvalue weighted by molar-refractivity contribution is 5.95. The number of anilines is 1. The summed E-state index contributed by atoms with van der Waals surface area (Å²) in [6.45, 7) is 5.86. The SMILES string of the molecule is CC(C)c1ccc(OCCC(=O)NCc2cccc(N3CCCC3=O)c2)cc1. The monoisotopic (exact) mass is 380 g/mol. The molecule has 1 aliphatic heterocycles. The van der Waals surface area contributed by atoms with Crippen molar-refractivity contribution in [2.75, 3.05) is 18.1 Å². The summed E-state index contributed by atoms with van der Waals surface area (Å²) in [6.07, 6.45) is 1.82. The average molecular weight is 380 g/mol. The minimum absolute atomic E-state index is 0.0542. The van der Waals surface area contributed by atoms with E-state index >= 15 is 0 Å². The Hall–Kier alpha value is -2.82. The highest BCUT2D eigenvalue weighted by Crippen LogP contribution is 2.22. The topological polar surface area (TPSA) is 58.6 Å². The van der Waals surface area contributed by atoms with Crippen molar-refractivity contribution >= 4 is 17.5 Å². The Bertz CT molecular complexity index is 815. The van der Waals surface area contributed by atoms with Crippen LogP contribution in [-0.4, -0.2) is 25.0 Å². The molecule has 0 spiro atoms. The number of carbonyl (C=O) groups is 2. The molecule has 0 aliphatic carbocycles. The number of carbonyl (C=O) groups excluding carboxylic acids is 2. The van der Waals surface area contributed by atoms with Gasteiger partial charge in [0.1, 0.15) is 5.75 Å². The van der Waals surface area contributed by atoms with Crippen LogP contribution in [0.1, 0.15) is 50.2 Å². The molecular formula is C23H28N2O3. The highest BCUT2D eigenvalue weighted by Gasteiger charge is 2.21. The summed E-state index contributed by atoms with van der Waals surface area (Å²) in [5.41, 5.74) is 3.15. The van der Waals surface area contributed by atoms with Gasteiger partial charge in [-0.15, -0.1) is 0 Å². The van der Waals surface area contributed by atoms with Gasteiger partial charge < -0.3 is 15.0 Å². The smallest absolute Gasteiger partial charge is 0.227 e. The second-order valence-corrected chi connectivity index (χ2v) is 7.42. The molecule has 1 N–H and O–H groups in total. The van der Waals surface area contributed by atoms with Crippen molar-refractivity contribution in [2.45, 2.75) is 45.6 Å². The van der Waals surface area contributed by atoms with Crippen molar-refractivity contribution < 1.29 is 14.3 Å². The molecule has 1 aliphatic rings. The van der Waals surface area contributed by atoms with E-state index in [1.807, 2.05) is 41.3 Å². The number of ether oxygens (including phenoxy) is 1. The molecule has 148 valence electrons. The van der Waals surface area contributed by atoms with Crippen molar-refractivity contribution in [1.29, 1.82) is 0 Å². The zero-order valence-corrected chi connectivity index (χ0v) is 16.6. The molecule has 0 aromatic heterocycles. The quantitative estimate of drug-likeness (QED) is 0.752. The molecule has 1 fully saturated rings. The van der Waals surface area contributed by atoms with Gasteiger partial charge in [0, 0.05) is 25.2 Å². The van der Waals surface area contributed by atoms with Crippen molar-refractivity contribution in [2.24, 2.45) is 0 Å². The van der Waals surface area contributed by atoms with Gasteiger partial charge in [-0.2, -0.15) is 0 Å². The van der Waals surface area contributed by atoms with Gasteiger partial charge in [-0.3, -0.25) is 9.59 Å². The van der Waals surface area contributed by atoms with Gasteiger partial charge in [-0.25, -0.2) is 0 Å². The van der Waals surface area contributed by atoms with E-state index in [1.54, 1.807) is 0 Å². The second-order valence-electron chi connectivity index (χ2n) is 7.42. The van der Waals surface area contributed by atoms with E-state index in [2.05, 4.69) is 31.3 Å². The fraction of sp³-hybridized carbons (Fsp3) is 0.391. The molecule has 2 aromatic carbocycles. The summed E-state index contributed by atoms with van der Waals surface area (Å²) in [5.74, 6) is 1.38. The Kier molecular flexibility index (Phi) is 6.69. The fourth-order valence-corrected chi connectivity index (χ4v) is 3.26. The zero-order chi connectivity index (χ0) is 19.9. The lowest BCUT2D eigenvalue weighted by atomic mass is 10.0. The lowest BCUT2D eigenvalue weighted by Crippen LogP contribution is -2.25. The van der Waals surface area contributed by atoms with Gasteiger partial charge in [-0.1, -0.05) is 38.1 Å². The maximum absolute atomic E-state index is 12.1. The minimum Gasteiger partial charge on any atom is -0.493 e. The van der Waals surface area contributed by atoms with E-state index in [9.17, 15) is 9.59 Å². The molecule has 5 heteroatoms. The van der Waals surface area contributed by atoms with Crippen LogP contribution in [0.25, 0.3) is 0 Å². The van der Waals surface area contributed by atoms with Crippen molar-refractivity contribution in [1.82, 2.24) is 5.32 Å². The van der Waals surface area contributed by atoms with Crippen LogP contribution in [0.3, 0.4) is 0 Å². The van der Waals surface area contributed by atoms with E-state index in [0.29, 0.717) is 31.9 Å². The molecule has 28 heavy (non-hydrogen) atoms. The Labute approximate surface area is 166 Å². The van der Waals surface area contributed by atoms with Crippen LogP contribution in [0.15, 0.2) is 48.5 Å². The number of nitrogens with one attached hydrogen (secondary N) is 1. The van der Waals surface area contributed by atoms with Crippen molar-refractivity contribution in [3.05, 3.63) is 59.7 Å². The summed E-state index contributed by atoms with van der Waals surface area (Å²) in [6, 6.07) is 15.8. The highest BCUT2D eigenvalue weighted by atomic mass is 16.5. The molecule has 0 atom stereocenters. The van der Waals surface area contributed by atoms with Crippen LogP contribution in [0, 0.1) is 0 Å². The average Bonchev–Trinajstić information content (AvgIpc) is 3.13. The second kappa shape index (κ2) is 9.40. The van der Waals surface area contributed by atoms with E-state index in [1.165, 1.54) is 5.56 Å². The van der Waals surface area contributed by atoms with E-state index in [0.717, 1.165) is 30.0 Å². The third kappa shape index (κ3) is 5.35. The van der Waals surface area contributed by atoms with Gasteiger partial charge in [0.2, 0.25) is 11.8 Å². The Balaban J connectivity index is 1.42. The normalized spacial score (nSPS) is 13.8. The van der Waals surface area contributed by atoms with Gasteiger partial charge in [0.25, 0.3) is 0 Å². The van der Waals surface area contributed by atoms with Crippen LogP contribution in [0.4, 0.5) is 5.69 Å². The summed E-state index contributed by atoms with van der Waals surface area (Å²) in [7, 11) is 0. The van der Waals surface area contributed by atoms with E-state index in [-0.39, 0.29) is 11.8 Å². The number of hydrogen-bond donors (Lipinski definition) is 1. The largest absolute Gasteiger partial charge is 0.493 e. The van der Waals surface area contributed by atoms with Gasteiger partial charge in [-0.05, 0) is 47.7 Å². The molecule has 1 heterocycles.